The van der Waals surface area contributed by atoms with Gasteiger partial charge in [0.2, 0.25) is 5.95 Å². The molecule has 0 aliphatic rings. The number of aromatic nitrogens is 3. The summed E-state index contributed by atoms with van der Waals surface area (Å²) in [5.41, 5.74) is -1.61. The standard InChI is InChI=1S/C11H11F3N4S/c1-10(2,8-15-5-6-19-8)18-9-16-4-3-7(17-9)11(12,13)14/h3-6H,1-2H3,(H,16,17,18). The molecule has 0 atom stereocenters. The molecule has 0 saturated carbocycles. The van der Waals surface area contributed by atoms with Gasteiger partial charge in [-0.1, -0.05) is 0 Å². The maximum Gasteiger partial charge on any atom is 0.433 e. The predicted molar refractivity (Wildman–Crippen MR) is 65.8 cm³/mol. The molecule has 2 aromatic rings. The number of hydrogen-bond donors (Lipinski definition) is 1. The SMILES string of the molecule is CC(C)(Nc1nccc(C(F)(F)F)n1)c1nccs1. The molecule has 0 fully saturated rings. The van der Waals surface area contributed by atoms with E-state index in [-0.39, 0.29) is 5.95 Å². The van der Waals surface area contributed by atoms with Crippen molar-refractivity contribution in [3.05, 3.63) is 34.5 Å². The van der Waals surface area contributed by atoms with Crippen LogP contribution in [0.15, 0.2) is 23.8 Å². The Labute approximate surface area is 111 Å². The van der Waals surface area contributed by atoms with Gasteiger partial charge in [-0.3, -0.25) is 0 Å². The lowest BCUT2D eigenvalue weighted by Gasteiger charge is -2.23. The molecular formula is C11H11F3N4S. The van der Waals surface area contributed by atoms with Gasteiger partial charge in [0, 0.05) is 17.8 Å². The zero-order chi connectivity index (χ0) is 14.1. The quantitative estimate of drug-likeness (QED) is 0.941. The Bertz CT molecular complexity index is 551. The number of hydrogen-bond acceptors (Lipinski definition) is 5. The van der Waals surface area contributed by atoms with Crippen LogP contribution < -0.4 is 5.32 Å². The minimum Gasteiger partial charge on any atom is -0.343 e. The first-order valence-electron chi connectivity index (χ1n) is 5.37. The number of halogens is 3. The molecule has 0 bridgehead atoms. The van der Waals surface area contributed by atoms with Crippen LogP contribution in [0.1, 0.15) is 24.5 Å². The summed E-state index contributed by atoms with van der Waals surface area (Å²) in [7, 11) is 0. The zero-order valence-corrected chi connectivity index (χ0v) is 11.0. The number of anilines is 1. The Morgan fingerprint density at radius 1 is 1.16 bits per heavy atom. The topological polar surface area (TPSA) is 50.7 Å². The van der Waals surface area contributed by atoms with Crippen molar-refractivity contribution in [1.82, 2.24) is 15.0 Å². The van der Waals surface area contributed by atoms with Crippen molar-refractivity contribution in [3.8, 4) is 0 Å². The van der Waals surface area contributed by atoms with Crippen molar-refractivity contribution in [2.24, 2.45) is 0 Å². The first-order chi connectivity index (χ1) is 8.79. The van der Waals surface area contributed by atoms with E-state index in [0.29, 0.717) is 0 Å². The average Bonchev–Trinajstić information content (AvgIpc) is 2.81. The molecule has 2 aromatic heterocycles. The van der Waals surface area contributed by atoms with E-state index in [1.54, 1.807) is 25.4 Å². The summed E-state index contributed by atoms with van der Waals surface area (Å²) in [5, 5.41) is 5.40. The Balaban J connectivity index is 2.25. The third-order valence-corrected chi connectivity index (χ3v) is 3.43. The zero-order valence-electron chi connectivity index (χ0n) is 10.2. The van der Waals surface area contributed by atoms with E-state index in [1.165, 1.54) is 11.3 Å². The molecule has 0 amide bonds. The summed E-state index contributed by atoms with van der Waals surface area (Å²) in [4.78, 5) is 11.4. The van der Waals surface area contributed by atoms with Crippen LogP contribution in [0.4, 0.5) is 19.1 Å². The highest BCUT2D eigenvalue weighted by Gasteiger charge is 2.33. The minimum atomic E-state index is -4.48. The summed E-state index contributed by atoms with van der Waals surface area (Å²) in [6, 6.07) is 0.835. The van der Waals surface area contributed by atoms with Crippen LogP contribution >= 0.6 is 11.3 Å². The number of rotatable bonds is 3. The van der Waals surface area contributed by atoms with Crippen molar-refractivity contribution >= 4 is 17.3 Å². The average molecular weight is 288 g/mol. The third kappa shape index (κ3) is 3.19. The molecular weight excluding hydrogens is 277 g/mol. The van der Waals surface area contributed by atoms with Gasteiger partial charge < -0.3 is 5.32 Å². The summed E-state index contributed by atoms with van der Waals surface area (Å²) in [6.45, 7) is 3.60. The van der Waals surface area contributed by atoms with Crippen LogP contribution in [0.25, 0.3) is 0 Å². The number of thiazole rings is 1. The Morgan fingerprint density at radius 2 is 1.89 bits per heavy atom. The predicted octanol–water partition coefficient (Wildman–Crippen LogP) is 3.30. The van der Waals surface area contributed by atoms with Gasteiger partial charge in [0.05, 0.1) is 5.54 Å². The van der Waals surface area contributed by atoms with Gasteiger partial charge in [0.1, 0.15) is 10.7 Å². The fraction of sp³-hybridized carbons (Fsp3) is 0.364. The van der Waals surface area contributed by atoms with Gasteiger partial charge in [0.15, 0.2) is 0 Å². The van der Waals surface area contributed by atoms with Crippen molar-refractivity contribution in [3.63, 3.8) is 0 Å². The molecule has 0 aliphatic heterocycles. The molecule has 0 aromatic carbocycles. The van der Waals surface area contributed by atoms with Crippen LogP contribution in [0.3, 0.4) is 0 Å². The second kappa shape index (κ2) is 4.76. The maximum atomic E-state index is 12.5. The van der Waals surface area contributed by atoms with E-state index in [0.717, 1.165) is 17.3 Å². The molecule has 8 heteroatoms. The Morgan fingerprint density at radius 3 is 2.47 bits per heavy atom. The molecule has 1 N–H and O–H groups in total. The number of nitrogens with one attached hydrogen (secondary N) is 1. The normalized spacial score (nSPS) is 12.5. The largest absolute Gasteiger partial charge is 0.433 e. The van der Waals surface area contributed by atoms with Crippen LogP contribution in [0, 0.1) is 0 Å². The molecule has 4 nitrogen and oxygen atoms in total. The lowest BCUT2D eigenvalue weighted by Crippen LogP contribution is -2.29. The molecule has 19 heavy (non-hydrogen) atoms. The van der Waals surface area contributed by atoms with Gasteiger partial charge >= 0.3 is 6.18 Å². The summed E-state index contributed by atoms with van der Waals surface area (Å²) < 4.78 is 37.6. The monoisotopic (exact) mass is 288 g/mol. The highest BCUT2D eigenvalue weighted by atomic mass is 32.1. The maximum absolute atomic E-state index is 12.5. The smallest absolute Gasteiger partial charge is 0.343 e. The molecule has 2 heterocycles. The van der Waals surface area contributed by atoms with E-state index in [4.69, 9.17) is 0 Å². The highest BCUT2D eigenvalue weighted by molar-refractivity contribution is 7.09. The third-order valence-electron chi connectivity index (χ3n) is 2.34. The lowest BCUT2D eigenvalue weighted by atomic mass is 10.1. The van der Waals surface area contributed by atoms with E-state index >= 15 is 0 Å². The second-order valence-electron chi connectivity index (χ2n) is 4.35. The summed E-state index contributed by atoms with van der Waals surface area (Å²) in [5.74, 6) is -0.0741. The van der Waals surface area contributed by atoms with Crippen LogP contribution in [0.5, 0.6) is 0 Å². The first-order valence-corrected chi connectivity index (χ1v) is 6.25. The number of nitrogens with zero attached hydrogens (tertiary/aromatic N) is 3. The molecule has 0 spiro atoms. The Hall–Kier alpha value is -1.70. The summed E-state index contributed by atoms with van der Waals surface area (Å²) >= 11 is 1.41. The van der Waals surface area contributed by atoms with Gasteiger partial charge in [-0.05, 0) is 19.9 Å². The van der Waals surface area contributed by atoms with Crippen LogP contribution in [0.2, 0.25) is 0 Å². The van der Waals surface area contributed by atoms with E-state index in [2.05, 4.69) is 20.3 Å². The summed E-state index contributed by atoms with van der Waals surface area (Å²) in [6.07, 6.45) is -1.77. The van der Waals surface area contributed by atoms with E-state index < -0.39 is 17.4 Å². The van der Waals surface area contributed by atoms with Crippen molar-refractivity contribution in [2.45, 2.75) is 25.6 Å². The van der Waals surface area contributed by atoms with Gasteiger partial charge in [-0.25, -0.2) is 15.0 Å². The molecule has 0 saturated heterocycles. The van der Waals surface area contributed by atoms with Gasteiger partial charge in [-0.15, -0.1) is 11.3 Å². The minimum absolute atomic E-state index is 0.0741. The molecule has 102 valence electrons. The van der Waals surface area contributed by atoms with Crippen molar-refractivity contribution < 1.29 is 13.2 Å². The van der Waals surface area contributed by atoms with Gasteiger partial charge in [0.25, 0.3) is 0 Å². The van der Waals surface area contributed by atoms with E-state index in [1.807, 2.05) is 0 Å². The van der Waals surface area contributed by atoms with E-state index in [9.17, 15) is 13.2 Å². The van der Waals surface area contributed by atoms with Gasteiger partial charge in [-0.2, -0.15) is 13.2 Å². The van der Waals surface area contributed by atoms with Crippen LogP contribution in [-0.4, -0.2) is 15.0 Å². The molecule has 2 rings (SSSR count). The molecule has 0 unspecified atom stereocenters. The Kier molecular flexibility index (Phi) is 3.44. The van der Waals surface area contributed by atoms with Crippen molar-refractivity contribution in [1.29, 1.82) is 0 Å². The first kappa shape index (κ1) is 13.7. The lowest BCUT2D eigenvalue weighted by molar-refractivity contribution is -0.141. The highest BCUT2D eigenvalue weighted by Crippen LogP contribution is 2.29. The second-order valence-corrected chi connectivity index (χ2v) is 5.25. The van der Waals surface area contributed by atoms with Crippen molar-refractivity contribution in [2.75, 3.05) is 5.32 Å². The fourth-order valence-electron chi connectivity index (χ4n) is 1.44. The number of alkyl halides is 3. The molecule has 0 aliphatic carbocycles. The fourth-order valence-corrected chi connectivity index (χ4v) is 2.16. The molecule has 0 radical (unpaired) electrons. The van der Waals surface area contributed by atoms with Crippen LogP contribution in [-0.2, 0) is 11.7 Å².